The highest BCUT2D eigenvalue weighted by atomic mass is 19.3. The summed E-state index contributed by atoms with van der Waals surface area (Å²) in [5.41, 5.74) is -1.54. The number of rotatable bonds is 2. The Hall–Kier alpha value is -2.03. The number of nitrogens with zero attached hydrogens (tertiary/aromatic N) is 1. The molecule has 1 rings (SSSR count). The summed E-state index contributed by atoms with van der Waals surface area (Å²) in [6.07, 6.45) is 0. The van der Waals surface area contributed by atoms with Gasteiger partial charge < -0.3 is 5.11 Å². The standard InChI is InChI=1S/C9H4F3NO2/c10-7-2-1-6(3-5(7)4-13)9(11,12)8(14)15/h1-3H,(H,14,15). The van der Waals surface area contributed by atoms with Gasteiger partial charge in [-0.25, -0.2) is 9.18 Å². The van der Waals surface area contributed by atoms with E-state index in [0.717, 1.165) is 0 Å². The van der Waals surface area contributed by atoms with E-state index in [0.29, 0.717) is 18.2 Å². The van der Waals surface area contributed by atoms with E-state index in [1.165, 1.54) is 6.07 Å². The first-order valence-corrected chi connectivity index (χ1v) is 3.71. The molecule has 0 aromatic heterocycles. The molecule has 1 N–H and O–H groups in total. The summed E-state index contributed by atoms with van der Waals surface area (Å²) < 4.78 is 38.5. The second kappa shape index (κ2) is 3.61. The highest BCUT2D eigenvalue weighted by Gasteiger charge is 2.41. The highest BCUT2D eigenvalue weighted by Crippen LogP contribution is 2.29. The number of carbonyl (C=O) groups is 1. The van der Waals surface area contributed by atoms with E-state index in [-0.39, 0.29) is 0 Å². The molecule has 0 saturated heterocycles. The molecule has 1 aromatic rings. The third kappa shape index (κ3) is 1.91. The van der Waals surface area contributed by atoms with Gasteiger partial charge in [0, 0.05) is 5.56 Å². The molecule has 78 valence electrons. The maximum Gasteiger partial charge on any atom is 0.379 e. The van der Waals surface area contributed by atoms with Gasteiger partial charge in [0.05, 0.1) is 5.56 Å². The second-order valence-corrected chi connectivity index (χ2v) is 2.69. The van der Waals surface area contributed by atoms with Crippen molar-refractivity contribution in [2.45, 2.75) is 5.92 Å². The molecule has 0 fully saturated rings. The van der Waals surface area contributed by atoms with Gasteiger partial charge in [0.1, 0.15) is 11.9 Å². The molecule has 0 aliphatic carbocycles. The summed E-state index contributed by atoms with van der Waals surface area (Å²) in [6, 6.07) is 3.12. The largest absolute Gasteiger partial charge is 0.477 e. The van der Waals surface area contributed by atoms with Gasteiger partial charge >= 0.3 is 11.9 Å². The minimum absolute atomic E-state index is 0.517. The summed E-state index contributed by atoms with van der Waals surface area (Å²) in [6.45, 7) is 0. The van der Waals surface area contributed by atoms with Crippen molar-refractivity contribution in [1.82, 2.24) is 0 Å². The highest BCUT2D eigenvalue weighted by molar-refractivity contribution is 5.77. The lowest BCUT2D eigenvalue weighted by molar-refractivity contribution is -0.166. The fourth-order valence-corrected chi connectivity index (χ4v) is 0.930. The molecule has 3 nitrogen and oxygen atoms in total. The van der Waals surface area contributed by atoms with Crippen molar-refractivity contribution in [1.29, 1.82) is 5.26 Å². The molecular weight excluding hydrogens is 211 g/mol. The van der Waals surface area contributed by atoms with Crippen LogP contribution in [0, 0.1) is 17.1 Å². The minimum atomic E-state index is -4.13. The molecule has 0 unspecified atom stereocenters. The van der Waals surface area contributed by atoms with Crippen LogP contribution in [0.15, 0.2) is 18.2 Å². The first-order chi connectivity index (χ1) is 6.89. The zero-order valence-corrected chi connectivity index (χ0v) is 7.17. The first kappa shape index (κ1) is 11.0. The Kier molecular flexibility index (Phi) is 2.66. The lowest BCUT2D eigenvalue weighted by Crippen LogP contribution is -2.25. The molecule has 0 amide bonds. The van der Waals surface area contributed by atoms with Crippen molar-refractivity contribution in [2.24, 2.45) is 0 Å². The van der Waals surface area contributed by atoms with Crippen LogP contribution < -0.4 is 0 Å². The molecular formula is C9H4F3NO2. The summed E-state index contributed by atoms with van der Waals surface area (Å²) in [5.74, 6) is -7.44. The smallest absolute Gasteiger partial charge is 0.379 e. The quantitative estimate of drug-likeness (QED) is 0.819. The molecule has 0 aliphatic heterocycles. The molecule has 15 heavy (non-hydrogen) atoms. The number of nitriles is 1. The van der Waals surface area contributed by atoms with Crippen molar-refractivity contribution in [3.05, 3.63) is 35.1 Å². The topological polar surface area (TPSA) is 61.1 Å². The van der Waals surface area contributed by atoms with Crippen molar-refractivity contribution in [3.8, 4) is 6.07 Å². The monoisotopic (exact) mass is 215 g/mol. The number of aliphatic carboxylic acids is 1. The number of benzene rings is 1. The van der Waals surface area contributed by atoms with Crippen molar-refractivity contribution in [3.63, 3.8) is 0 Å². The Balaban J connectivity index is 3.30. The zero-order chi connectivity index (χ0) is 11.6. The number of halogens is 3. The molecule has 0 spiro atoms. The van der Waals surface area contributed by atoms with Crippen molar-refractivity contribution < 1.29 is 23.1 Å². The van der Waals surface area contributed by atoms with Gasteiger partial charge in [-0.15, -0.1) is 0 Å². The molecule has 6 heteroatoms. The van der Waals surface area contributed by atoms with Crippen molar-refractivity contribution >= 4 is 5.97 Å². The lowest BCUT2D eigenvalue weighted by atomic mass is 10.1. The van der Waals surface area contributed by atoms with E-state index >= 15 is 0 Å². The van der Waals surface area contributed by atoms with E-state index in [1.807, 2.05) is 0 Å². The van der Waals surface area contributed by atoms with Crippen LogP contribution in [0.4, 0.5) is 13.2 Å². The average Bonchev–Trinajstić information content (AvgIpc) is 2.18. The molecule has 0 atom stereocenters. The van der Waals surface area contributed by atoms with Crippen LogP contribution in [0.25, 0.3) is 0 Å². The second-order valence-electron chi connectivity index (χ2n) is 2.69. The average molecular weight is 215 g/mol. The molecule has 0 radical (unpaired) electrons. The van der Waals surface area contributed by atoms with Gasteiger partial charge in [-0.05, 0) is 18.2 Å². The molecule has 0 heterocycles. The number of hydrogen-bond acceptors (Lipinski definition) is 2. The van der Waals surface area contributed by atoms with Crippen LogP contribution in [-0.2, 0) is 10.7 Å². The Morgan fingerprint density at radius 1 is 1.47 bits per heavy atom. The fourth-order valence-electron chi connectivity index (χ4n) is 0.930. The number of carboxylic acid groups (broad SMARTS) is 1. The van der Waals surface area contributed by atoms with Crippen LogP contribution in [0.1, 0.15) is 11.1 Å². The van der Waals surface area contributed by atoms with E-state index in [4.69, 9.17) is 10.4 Å². The molecule has 0 aliphatic rings. The fraction of sp³-hybridized carbons (Fsp3) is 0.111. The third-order valence-electron chi connectivity index (χ3n) is 1.72. The minimum Gasteiger partial charge on any atom is -0.477 e. The third-order valence-corrected chi connectivity index (χ3v) is 1.72. The normalized spacial score (nSPS) is 10.8. The summed E-state index contributed by atoms with van der Waals surface area (Å²) in [5, 5.41) is 16.6. The van der Waals surface area contributed by atoms with Crippen LogP contribution in [0.2, 0.25) is 0 Å². The van der Waals surface area contributed by atoms with Gasteiger partial charge in [0.2, 0.25) is 0 Å². The van der Waals surface area contributed by atoms with Gasteiger partial charge in [0.15, 0.2) is 0 Å². The van der Waals surface area contributed by atoms with Crippen LogP contribution in [-0.4, -0.2) is 11.1 Å². The van der Waals surface area contributed by atoms with Gasteiger partial charge in [-0.3, -0.25) is 0 Å². The molecule has 0 saturated carbocycles. The van der Waals surface area contributed by atoms with E-state index in [1.54, 1.807) is 0 Å². The van der Waals surface area contributed by atoms with Gasteiger partial charge in [-0.1, -0.05) is 0 Å². The van der Waals surface area contributed by atoms with Gasteiger partial charge in [0.25, 0.3) is 0 Å². The van der Waals surface area contributed by atoms with E-state index < -0.39 is 28.8 Å². The van der Waals surface area contributed by atoms with E-state index in [2.05, 4.69) is 0 Å². The molecule has 1 aromatic carbocycles. The zero-order valence-electron chi connectivity index (χ0n) is 7.17. The Bertz CT molecular complexity index is 451. The number of alkyl halides is 2. The predicted molar refractivity (Wildman–Crippen MR) is 42.6 cm³/mol. The lowest BCUT2D eigenvalue weighted by Gasteiger charge is -2.11. The number of carboxylic acids is 1. The van der Waals surface area contributed by atoms with Crippen LogP contribution in [0.3, 0.4) is 0 Å². The predicted octanol–water partition coefficient (Wildman–Crippen LogP) is 1.87. The van der Waals surface area contributed by atoms with Crippen molar-refractivity contribution in [2.75, 3.05) is 0 Å². The summed E-state index contributed by atoms with van der Waals surface area (Å²) in [7, 11) is 0. The Morgan fingerprint density at radius 3 is 2.53 bits per heavy atom. The molecule has 0 bridgehead atoms. The van der Waals surface area contributed by atoms with Crippen LogP contribution >= 0.6 is 0 Å². The SMILES string of the molecule is N#Cc1cc(C(F)(F)C(=O)O)ccc1F. The summed E-state index contributed by atoms with van der Waals surface area (Å²) >= 11 is 0. The Morgan fingerprint density at radius 2 is 2.07 bits per heavy atom. The first-order valence-electron chi connectivity index (χ1n) is 3.71. The summed E-state index contributed by atoms with van der Waals surface area (Å²) in [4.78, 5) is 10.2. The van der Waals surface area contributed by atoms with Crippen LogP contribution in [0.5, 0.6) is 0 Å². The van der Waals surface area contributed by atoms with E-state index in [9.17, 15) is 18.0 Å². The number of hydrogen-bond donors (Lipinski definition) is 1. The maximum atomic E-state index is 12.9. The van der Waals surface area contributed by atoms with Gasteiger partial charge in [-0.2, -0.15) is 14.0 Å². The maximum absolute atomic E-state index is 12.9. The Labute approximate surface area is 82.4 Å².